The second-order valence-electron chi connectivity index (χ2n) is 3.95. The molecule has 0 spiro atoms. The van der Waals surface area contributed by atoms with Crippen LogP contribution in [0.1, 0.15) is 10.5 Å². The SMILES string of the molecule is COC(=O)c1csc(Nc2ccc(S(C)(=O)=O)cc2)n1. The molecule has 0 unspecified atom stereocenters. The number of methoxy groups -OCH3 is 1. The maximum atomic E-state index is 11.3. The average Bonchev–Trinajstić information content (AvgIpc) is 2.86. The summed E-state index contributed by atoms with van der Waals surface area (Å²) in [6, 6.07) is 6.28. The fourth-order valence-corrected chi connectivity index (χ4v) is 2.77. The van der Waals surface area contributed by atoms with Crippen molar-refractivity contribution >= 4 is 38.0 Å². The molecule has 1 aromatic carbocycles. The van der Waals surface area contributed by atoms with E-state index in [0.717, 1.165) is 6.26 Å². The van der Waals surface area contributed by atoms with Crippen molar-refractivity contribution in [1.82, 2.24) is 4.98 Å². The zero-order valence-corrected chi connectivity index (χ0v) is 12.4. The van der Waals surface area contributed by atoms with Crippen LogP contribution in [0.15, 0.2) is 34.5 Å². The molecule has 20 heavy (non-hydrogen) atoms. The summed E-state index contributed by atoms with van der Waals surface area (Å²) in [4.78, 5) is 15.6. The van der Waals surface area contributed by atoms with Gasteiger partial charge in [0, 0.05) is 17.3 Å². The van der Waals surface area contributed by atoms with Crippen LogP contribution >= 0.6 is 11.3 Å². The molecule has 106 valence electrons. The normalized spacial score (nSPS) is 11.1. The van der Waals surface area contributed by atoms with Gasteiger partial charge in [-0.25, -0.2) is 18.2 Å². The molecule has 8 heteroatoms. The summed E-state index contributed by atoms with van der Waals surface area (Å²) < 4.78 is 27.2. The fourth-order valence-electron chi connectivity index (χ4n) is 1.44. The Kier molecular flexibility index (Phi) is 4.05. The summed E-state index contributed by atoms with van der Waals surface area (Å²) in [5, 5.41) is 5.09. The minimum Gasteiger partial charge on any atom is -0.464 e. The standard InChI is InChI=1S/C12H12N2O4S2/c1-18-11(15)10-7-19-12(14-10)13-8-3-5-9(6-4-8)20(2,16)17/h3-7H,1-2H3,(H,13,14). The lowest BCUT2D eigenvalue weighted by Gasteiger charge is -2.03. The van der Waals surface area contributed by atoms with Crippen molar-refractivity contribution in [2.24, 2.45) is 0 Å². The van der Waals surface area contributed by atoms with Crippen molar-refractivity contribution < 1.29 is 17.9 Å². The number of benzene rings is 1. The van der Waals surface area contributed by atoms with Crippen molar-refractivity contribution in [1.29, 1.82) is 0 Å². The van der Waals surface area contributed by atoms with Crippen LogP contribution in [0, 0.1) is 0 Å². The number of esters is 1. The van der Waals surface area contributed by atoms with E-state index in [9.17, 15) is 13.2 Å². The number of carbonyl (C=O) groups excluding carboxylic acids is 1. The smallest absolute Gasteiger partial charge is 0.357 e. The molecule has 2 aromatic rings. The van der Waals surface area contributed by atoms with Crippen molar-refractivity contribution in [3.63, 3.8) is 0 Å². The minimum absolute atomic E-state index is 0.229. The van der Waals surface area contributed by atoms with Crippen LogP contribution in [0.4, 0.5) is 10.8 Å². The van der Waals surface area contributed by atoms with Crippen molar-refractivity contribution in [2.45, 2.75) is 4.90 Å². The Morgan fingerprint density at radius 2 is 1.95 bits per heavy atom. The Bertz CT molecular complexity index is 720. The first-order valence-corrected chi connectivity index (χ1v) is 8.28. The molecule has 0 radical (unpaired) electrons. The minimum atomic E-state index is -3.20. The Morgan fingerprint density at radius 3 is 2.50 bits per heavy atom. The van der Waals surface area contributed by atoms with Crippen molar-refractivity contribution in [2.75, 3.05) is 18.7 Å². The lowest BCUT2D eigenvalue weighted by molar-refractivity contribution is 0.0595. The number of thiazole rings is 1. The number of hydrogen-bond acceptors (Lipinski definition) is 7. The molecule has 0 fully saturated rings. The predicted octanol–water partition coefficient (Wildman–Crippen LogP) is 2.08. The van der Waals surface area contributed by atoms with Gasteiger partial charge in [-0.15, -0.1) is 11.3 Å². The fraction of sp³-hybridized carbons (Fsp3) is 0.167. The van der Waals surface area contributed by atoms with Gasteiger partial charge in [0.2, 0.25) is 0 Å². The zero-order valence-electron chi connectivity index (χ0n) is 10.8. The topological polar surface area (TPSA) is 85.4 Å². The van der Waals surface area contributed by atoms with E-state index in [0.29, 0.717) is 10.8 Å². The van der Waals surface area contributed by atoms with Gasteiger partial charge < -0.3 is 10.1 Å². The van der Waals surface area contributed by atoms with Crippen LogP contribution in [0.5, 0.6) is 0 Å². The van der Waals surface area contributed by atoms with Crippen molar-refractivity contribution in [3.05, 3.63) is 35.3 Å². The number of nitrogens with one attached hydrogen (secondary N) is 1. The Labute approximate surface area is 120 Å². The highest BCUT2D eigenvalue weighted by atomic mass is 32.2. The molecule has 0 saturated carbocycles. The van der Waals surface area contributed by atoms with E-state index >= 15 is 0 Å². The second kappa shape index (κ2) is 5.59. The third kappa shape index (κ3) is 3.34. The molecule has 0 saturated heterocycles. The zero-order chi connectivity index (χ0) is 14.8. The number of nitrogens with zero attached hydrogens (tertiary/aromatic N) is 1. The summed E-state index contributed by atoms with van der Waals surface area (Å²) in [5.74, 6) is -0.498. The quantitative estimate of drug-likeness (QED) is 0.870. The number of ether oxygens (including phenoxy) is 1. The van der Waals surface area contributed by atoms with E-state index in [1.807, 2.05) is 0 Å². The maximum absolute atomic E-state index is 11.3. The van der Waals surface area contributed by atoms with E-state index in [1.165, 1.54) is 30.6 Å². The number of anilines is 2. The van der Waals surface area contributed by atoms with Crippen LogP contribution in [-0.2, 0) is 14.6 Å². The van der Waals surface area contributed by atoms with Crippen molar-refractivity contribution in [3.8, 4) is 0 Å². The molecule has 1 N–H and O–H groups in total. The summed E-state index contributed by atoms with van der Waals surface area (Å²) in [6.07, 6.45) is 1.15. The molecule has 0 aliphatic rings. The molecule has 0 bridgehead atoms. The van der Waals surface area contributed by atoms with Crippen LogP contribution in [0.25, 0.3) is 0 Å². The first kappa shape index (κ1) is 14.5. The van der Waals surface area contributed by atoms with Gasteiger partial charge in [-0.1, -0.05) is 0 Å². The molecule has 1 heterocycles. The maximum Gasteiger partial charge on any atom is 0.357 e. The van der Waals surface area contributed by atoms with Gasteiger partial charge in [0.15, 0.2) is 20.7 Å². The van der Waals surface area contributed by atoms with Gasteiger partial charge in [0.1, 0.15) is 0 Å². The highest BCUT2D eigenvalue weighted by Gasteiger charge is 2.11. The van der Waals surface area contributed by atoms with Crippen LogP contribution in [0.3, 0.4) is 0 Å². The molecular formula is C12H12N2O4S2. The second-order valence-corrected chi connectivity index (χ2v) is 6.82. The molecule has 2 rings (SSSR count). The summed E-state index contributed by atoms with van der Waals surface area (Å²) in [7, 11) is -1.91. The largest absolute Gasteiger partial charge is 0.464 e. The Hall–Kier alpha value is -1.93. The average molecular weight is 312 g/mol. The van der Waals surface area contributed by atoms with Gasteiger partial charge in [-0.2, -0.15) is 0 Å². The first-order chi connectivity index (χ1) is 9.40. The molecule has 0 atom stereocenters. The Balaban J connectivity index is 2.14. The van der Waals surface area contributed by atoms with E-state index < -0.39 is 15.8 Å². The van der Waals surface area contributed by atoms with E-state index in [2.05, 4.69) is 15.0 Å². The van der Waals surface area contributed by atoms with Crippen LogP contribution < -0.4 is 5.32 Å². The van der Waals surface area contributed by atoms with Gasteiger partial charge in [-0.3, -0.25) is 0 Å². The summed E-state index contributed by atoms with van der Waals surface area (Å²) in [5.41, 5.74) is 0.913. The molecule has 0 aliphatic carbocycles. The number of carbonyl (C=O) groups is 1. The monoisotopic (exact) mass is 312 g/mol. The molecular weight excluding hydrogens is 300 g/mol. The van der Waals surface area contributed by atoms with E-state index in [-0.39, 0.29) is 10.6 Å². The van der Waals surface area contributed by atoms with Gasteiger partial charge >= 0.3 is 5.97 Å². The first-order valence-electron chi connectivity index (χ1n) is 5.51. The number of hydrogen-bond donors (Lipinski definition) is 1. The highest BCUT2D eigenvalue weighted by molar-refractivity contribution is 7.90. The third-order valence-corrected chi connectivity index (χ3v) is 4.32. The molecule has 1 aromatic heterocycles. The third-order valence-electron chi connectivity index (χ3n) is 2.43. The van der Waals surface area contributed by atoms with Gasteiger partial charge in [0.25, 0.3) is 0 Å². The van der Waals surface area contributed by atoms with E-state index in [4.69, 9.17) is 0 Å². The van der Waals surface area contributed by atoms with Gasteiger partial charge in [-0.05, 0) is 24.3 Å². The molecule has 0 amide bonds. The number of aromatic nitrogens is 1. The van der Waals surface area contributed by atoms with E-state index in [1.54, 1.807) is 17.5 Å². The summed E-state index contributed by atoms with van der Waals surface area (Å²) >= 11 is 1.26. The lowest BCUT2D eigenvalue weighted by atomic mass is 10.3. The predicted molar refractivity (Wildman–Crippen MR) is 76.3 cm³/mol. The molecule has 0 aliphatic heterocycles. The number of rotatable bonds is 4. The van der Waals surface area contributed by atoms with Crippen LogP contribution in [0.2, 0.25) is 0 Å². The highest BCUT2D eigenvalue weighted by Crippen LogP contribution is 2.22. The van der Waals surface area contributed by atoms with Gasteiger partial charge in [0.05, 0.1) is 12.0 Å². The number of sulfone groups is 1. The summed E-state index contributed by atoms with van der Waals surface area (Å²) in [6.45, 7) is 0. The molecule has 6 nitrogen and oxygen atoms in total. The lowest BCUT2D eigenvalue weighted by Crippen LogP contribution is -2.01. The van der Waals surface area contributed by atoms with Crippen LogP contribution in [-0.4, -0.2) is 32.7 Å². The Morgan fingerprint density at radius 1 is 1.30 bits per heavy atom.